The van der Waals surface area contributed by atoms with Crippen molar-refractivity contribution in [2.75, 3.05) is 0 Å². The Bertz CT molecular complexity index is 331. The molecule has 0 aliphatic rings. The summed E-state index contributed by atoms with van der Waals surface area (Å²) in [7, 11) is 0. The summed E-state index contributed by atoms with van der Waals surface area (Å²) in [6, 6.07) is 9.15. The topological polar surface area (TPSA) is 0 Å². The van der Waals surface area contributed by atoms with Crippen LogP contribution in [0.4, 0.5) is 0 Å². The summed E-state index contributed by atoms with van der Waals surface area (Å²) in [6.45, 7) is 9.12. The Morgan fingerprint density at radius 2 is 1.14 bits per heavy atom. The van der Waals surface area contributed by atoms with Crippen LogP contribution < -0.4 is 37.7 Å². The Balaban J connectivity index is 0. The van der Waals surface area contributed by atoms with Gasteiger partial charge in [-0.1, -0.05) is 79.1 Å². The molecule has 2 heteroatoms. The van der Waals surface area contributed by atoms with Gasteiger partial charge in [0, 0.05) is 0 Å². The fraction of sp³-hybridized carbons (Fsp3) is 0.600. The molecule has 114 valence electrons. The van der Waals surface area contributed by atoms with E-state index in [4.69, 9.17) is 0 Å². The molecule has 0 heterocycles. The quantitative estimate of drug-likeness (QED) is 0.338. The number of rotatable bonds is 10. The summed E-state index contributed by atoms with van der Waals surface area (Å²) in [6.07, 6.45) is 10.4. The Morgan fingerprint density at radius 3 is 1.50 bits per heavy atom. The summed E-state index contributed by atoms with van der Waals surface area (Å²) in [5.41, 5.74) is 2.88. The van der Waals surface area contributed by atoms with Gasteiger partial charge in [0.05, 0.1) is 0 Å². The molecule has 1 rings (SSSR count). The minimum Gasteiger partial charge on any atom is -0.191 e. The van der Waals surface area contributed by atoms with Gasteiger partial charge >= 0.3 is 37.7 Å². The van der Waals surface area contributed by atoms with Gasteiger partial charge in [-0.3, -0.25) is 0 Å². The van der Waals surface area contributed by atoms with Gasteiger partial charge in [-0.05, 0) is 0 Å². The van der Waals surface area contributed by atoms with Gasteiger partial charge in [0.2, 0.25) is 0 Å². The van der Waals surface area contributed by atoms with Crippen molar-refractivity contribution in [3.8, 4) is 0 Å². The third-order valence-corrected chi connectivity index (χ3v) is 4.16. The van der Waals surface area contributed by atoms with E-state index in [0.717, 1.165) is 0 Å². The molecule has 0 bridgehead atoms. The number of benzene rings is 1. The largest absolute Gasteiger partial charge is 1.00 e. The van der Waals surface area contributed by atoms with E-state index in [1.165, 1.54) is 62.5 Å². The van der Waals surface area contributed by atoms with E-state index >= 15 is 0 Å². The number of unbranched alkanes of at least 4 members (excludes halogenated alkanes) is 4. The van der Waals surface area contributed by atoms with Gasteiger partial charge in [0.25, 0.3) is 0 Å². The van der Waals surface area contributed by atoms with Crippen molar-refractivity contribution in [3.63, 3.8) is 0 Å². The van der Waals surface area contributed by atoms with Crippen LogP contribution in [0.15, 0.2) is 24.3 Å². The van der Waals surface area contributed by atoms with Gasteiger partial charge in [-0.2, -0.15) is 47.2 Å². The molecule has 0 atom stereocenters. The van der Waals surface area contributed by atoms with Crippen LogP contribution in [-0.4, -0.2) is 0 Å². The predicted octanol–water partition coefficient (Wildman–Crippen LogP) is 0.740. The second kappa shape index (κ2) is 14.7. The first-order valence-corrected chi connectivity index (χ1v) is 8.44. The summed E-state index contributed by atoms with van der Waals surface area (Å²) >= 11 is 0. The summed E-state index contributed by atoms with van der Waals surface area (Å²) in [4.78, 5) is 0. The first-order valence-electron chi connectivity index (χ1n) is 8.44. The predicted molar refractivity (Wildman–Crippen MR) is 90.8 cm³/mol. The monoisotopic (exact) mass is 286 g/mol. The molecule has 1 aromatic rings. The van der Waals surface area contributed by atoms with E-state index in [1.807, 2.05) is 0 Å². The van der Waals surface area contributed by atoms with Crippen molar-refractivity contribution in [2.24, 2.45) is 0 Å². The van der Waals surface area contributed by atoms with Crippen LogP contribution in [0, 0.1) is 11.8 Å². The van der Waals surface area contributed by atoms with Crippen molar-refractivity contribution < 1.29 is 37.7 Å². The maximum atomic E-state index is 2.39. The first kappa shape index (κ1) is 24.4. The molecule has 0 aliphatic heterocycles. The van der Waals surface area contributed by atoms with Gasteiger partial charge in [0.15, 0.2) is 0 Å². The SMILES string of the molecule is CCCCC[C-](C)c1cccc([C-](C)CCCCC)c1.[Li+].[Li+]. The van der Waals surface area contributed by atoms with E-state index in [2.05, 4.69) is 52.0 Å². The Morgan fingerprint density at radius 1 is 0.727 bits per heavy atom. The average Bonchev–Trinajstić information content (AvgIpc) is 2.47. The fourth-order valence-corrected chi connectivity index (χ4v) is 2.62. The zero-order chi connectivity index (χ0) is 14.8. The first-order chi connectivity index (χ1) is 9.69. The molecule has 0 spiro atoms. The van der Waals surface area contributed by atoms with Crippen molar-refractivity contribution in [1.29, 1.82) is 0 Å². The van der Waals surface area contributed by atoms with Crippen LogP contribution in [0.25, 0.3) is 0 Å². The standard InChI is InChI=1S/C20H32.2Li/c1-5-7-9-12-17(3)19-14-11-15-20(16-19)18(4)13-10-8-6-2;;/h11,14-16H,5-10,12-13H2,1-4H3;;/q-2;2*+1. The van der Waals surface area contributed by atoms with Crippen LogP contribution in [0.1, 0.15) is 90.2 Å². The van der Waals surface area contributed by atoms with E-state index in [-0.39, 0.29) is 37.7 Å². The van der Waals surface area contributed by atoms with Crippen LogP contribution in [0.5, 0.6) is 0 Å². The van der Waals surface area contributed by atoms with Gasteiger partial charge < -0.3 is 0 Å². The van der Waals surface area contributed by atoms with Crippen molar-refractivity contribution in [1.82, 2.24) is 0 Å². The fourth-order valence-electron chi connectivity index (χ4n) is 2.62. The third-order valence-electron chi connectivity index (χ3n) is 4.16. The van der Waals surface area contributed by atoms with Crippen LogP contribution in [-0.2, 0) is 0 Å². The molecular weight excluding hydrogens is 254 g/mol. The Labute approximate surface area is 163 Å². The molecule has 0 fully saturated rings. The molecule has 0 saturated carbocycles. The van der Waals surface area contributed by atoms with Gasteiger partial charge in [-0.15, -0.1) is 0 Å². The third kappa shape index (κ3) is 9.33. The van der Waals surface area contributed by atoms with Gasteiger partial charge in [0.1, 0.15) is 0 Å². The van der Waals surface area contributed by atoms with Crippen molar-refractivity contribution in [2.45, 2.75) is 79.1 Å². The van der Waals surface area contributed by atoms with Crippen LogP contribution in [0.3, 0.4) is 0 Å². The van der Waals surface area contributed by atoms with Gasteiger partial charge in [-0.25, -0.2) is 0 Å². The second-order valence-electron chi connectivity index (χ2n) is 6.06. The zero-order valence-corrected chi connectivity index (χ0v) is 16.0. The van der Waals surface area contributed by atoms with E-state index in [9.17, 15) is 0 Å². The molecule has 0 unspecified atom stereocenters. The van der Waals surface area contributed by atoms with Crippen molar-refractivity contribution >= 4 is 0 Å². The minimum absolute atomic E-state index is 0. The van der Waals surface area contributed by atoms with E-state index in [0.29, 0.717) is 0 Å². The maximum absolute atomic E-state index is 2.39. The Kier molecular flexibility index (Phi) is 16.3. The number of hydrogen-bond acceptors (Lipinski definition) is 0. The van der Waals surface area contributed by atoms with Crippen LogP contribution >= 0.6 is 0 Å². The summed E-state index contributed by atoms with van der Waals surface area (Å²) in [5, 5.41) is 0. The Hall–Kier alpha value is 0.155. The average molecular weight is 286 g/mol. The molecule has 0 nitrogen and oxygen atoms in total. The molecule has 0 saturated heterocycles. The normalized spacial score (nSPS) is 9.64. The smallest absolute Gasteiger partial charge is 0.191 e. The van der Waals surface area contributed by atoms with E-state index in [1.54, 1.807) is 11.8 Å². The molecule has 1 aromatic carbocycles. The minimum atomic E-state index is 0. The molecular formula is C20H32Li2. The summed E-state index contributed by atoms with van der Waals surface area (Å²) < 4.78 is 0. The number of hydrogen-bond donors (Lipinski definition) is 0. The van der Waals surface area contributed by atoms with E-state index < -0.39 is 0 Å². The molecule has 22 heavy (non-hydrogen) atoms. The second-order valence-corrected chi connectivity index (χ2v) is 6.06. The molecule has 0 aromatic heterocycles. The maximum Gasteiger partial charge on any atom is 1.00 e. The molecule has 0 amide bonds. The molecule has 0 aliphatic carbocycles. The molecule has 0 radical (unpaired) electrons. The van der Waals surface area contributed by atoms with Crippen molar-refractivity contribution in [3.05, 3.63) is 47.2 Å². The molecule has 0 N–H and O–H groups in total. The summed E-state index contributed by atoms with van der Waals surface area (Å²) in [5.74, 6) is 3.09. The zero-order valence-electron chi connectivity index (χ0n) is 16.0. The van der Waals surface area contributed by atoms with Crippen LogP contribution in [0.2, 0.25) is 0 Å².